The molecule has 0 bridgehead atoms. The molecule has 0 aliphatic carbocycles. The molecule has 0 aliphatic rings. The van der Waals surface area contributed by atoms with Crippen molar-refractivity contribution >= 4 is 13.3 Å². The largest absolute Gasteiger partial charge is 0.472 e. The third-order valence-corrected chi connectivity index (χ3v) is 4.85. The zero-order valence-electron chi connectivity index (χ0n) is 15.1. The standard InChI is InChI=1S/C17H35O6P/c1-2-3-4-5-6-7-8-9-10-11-12-14-22-15-13-16-23-24(20,21)17(18)19/h2-16H2,1H3,(H,18,19)(H,20,21). The third kappa shape index (κ3) is 15.1. The summed E-state index contributed by atoms with van der Waals surface area (Å²) in [6, 6.07) is 0. The molecular formula is C17H35O6P. The fourth-order valence-electron chi connectivity index (χ4n) is 2.37. The summed E-state index contributed by atoms with van der Waals surface area (Å²) < 4.78 is 20.8. The SMILES string of the molecule is CCCCCCCCCCCCCOCCCOP(=O)(O)C(=O)O. The maximum Gasteiger partial charge on any atom is 0.435 e. The van der Waals surface area contributed by atoms with E-state index in [1.807, 2.05) is 0 Å². The van der Waals surface area contributed by atoms with E-state index in [0.29, 0.717) is 19.6 Å². The van der Waals surface area contributed by atoms with E-state index in [-0.39, 0.29) is 6.61 Å². The number of rotatable bonds is 18. The van der Waals surface area contributed by atoms with Gasteiger partial charge < -0.3 is 19.3 Å². The van der Waals surface area contributed by atoms with Gasteiger partial charge in [0.1, 0.15) is 0 Å². The minimum Gasteiger partial charge on any atom is -0.472 e. The van der Waals surface area contributed by atoms with Crippen molar-refractivity contribution in [2.75, 3.05) is 19.8 Å². The van der Waals surface area contributed by atoms with Crippen molar-refractivity contribution in [3.05, 3.63) is 0 Å². The lowest BCUT2D eigenvalue weighted by Crippen LogP contribution is -2.04. The number of carbonyl (C=O) groups is 1. The predicted molar refractivity (Wildman–Crippen MR) is 95.7 cm³/mol. The van der Waals surface area contributed by atoms with Gasteiger partial charge in [0.2, 0.25) is 0 Å². The molecular weight excluding hydrogens is 331 g/mol. The van der Waals surface area contributed by atoms with Gasteiger partial charge in [-0.15, -0.1) is 0 Å². The third-order valence-electron chi connectivity index (χ3n) is 3.83. The van der Waals surface area contributed by atoms with Gasteiger partial charge in [-0.05, 0) is 12.8 Å². The number of hydrogen-bond acceptors (Lipinski definition) is 4. The summed E-state index contributed by atoms with van der Waals surface area (Å²) in [6.45, 7) is 3.24. The molecule has 7 heteroatoms. The first-order valence-electron chi connectivity index (χ1n) is 9.29. The van der Waals surface area contributed by atoms with Gasteiger partial charge in [-0.3, -0.25) is 0 Å². The normalized spacial score (nSPS) is 13.8. The highest BCUT2D eigenvalue weighted by Gasteiger charge is 2.29. The van der Waals surface area contributed by atoms with Gasteiger partial charge in [-0.2, -0.15) is 0 Å². The first-order valence-corrected chi connectivity index (χ1v) is 10.9. The van der Waals surface area contributed by atoms with Crippen LogP contribution in [0.15, 0.2) is 0 Å². The molecule has 1 atom stereocenters. The van der Waals surface area contributed by atoms with Crippen molar-refractivity contribution in [1.82, 2.24) is 0 Å². The van der Waals surface area contributed by atoms with Crippen molar-refractivity contribution in [2.24, 2.45) is 0 Å². The van der Waals surface area contributed by atoms with Gasteiger partial charge in [0.15, 0.2) is 0 Å². The molecule has 0 aromatic rings. The van der Waals surface area contributed by atoms with E-state index >= 15 is 0 Å². The first-order chi connectivity index (χ1) is 11.5. The molecule has 0 saturated carbocycles. The van der Waals surface area contributed by atoms with Gasteiger partial charge in [-0.1, -0.05) is 71.1 Å². The Hall–Kier alpha value is -0.420. The second kappa shape index (κ2) is 16.1. The highest BCUT2D eigenvalue weighted by atomic mass is 31.2. The molecule has 0 saturated heterocycles. The Labute approximate surface area is 146 Å². The Morgan fingerprint density at radius 1 is 0.792 bits per heavy atom. The highest BCUT2D eigenvalue weighted by Crippen LogP contribution is 2.42. The maximum absolute atomic E-state index is 11.0. The van der Waals surface area contributed by atoms with Crippen molar-refractivity contribution in [1.29, 1.82) is 0 Å². The molecule has 0 aromatic carbocycles. The van der Waals surface area contributed by atoms with E-state index in [4.69, 9.17) is 14.7 Å². The van der Waals surface area contributed by atoms with Gasteiger partial charge in [-0.25, -0.2) is 9.36 Å². The maximum atomic E-state index is 11.0. The smallest absolute Gasteiger partial charge is 0.435 e. The van der Waals surface area contributed by atoms with Crippen molar-refractivity contribution in [3.8, 4) is 0 Å². The molecule has 0 aromatic heterocycles. The van der Waals surface area contributed by atoms with E-state index in [9.17, 15) is 9.36 Å². The molecule has 0 rings (SSSR count). The Kier molecular flexibility index (Phi) is 15.8. The quantitative estimate of drug-likeness (QED) is 0.243. The molecule has 144 valence electrons. The summed E-state index contributed by atoms with van der Waals surface area (Å²) in [6.07, 6.45) is 14.6. The van der Waals surface area contributed by atoms with Crippen LogP contribution < -0.4 is 0 Å². The summed E-state index contributed by atoms with van der Waals surface area (Å²) in [5, 5.41) is 8.40. The van der Waals surface area contributed by atoms with E-state index in [0.717, 1.165) is 12.8 Å². The molecule has 24 heavy (non-hydrogen) atoms. The fourth-order valence-corrected chi connectivity index (χ4v) is 2.86. The van der Waals surface area contributed by atoms with Crippen LogP contribution in [0.25, 0.3) is 0 Å². The van der Waals surface area contributed by atoms with Gasteiger partial charge in [0, 0.05) is 13.2 Å². The number of carboxylic acid groups (broad SMARTS) is 1. The lowest BCUT2D eigenvalue weighted by atomic mass is 10.1. The average Bonchev–Trinajstić information content (AvgIpc) is 2.54. The number of hydrogen-bond donors (Lipinski definition) is 2. The topological polar surface area (TPSA) is 93.1 Å². The second-order valence-electron chi connectivity index (χ2n) is 6.14. The first kappa shape index (κ1) is 23.6. The van der Waals surface area contributed by atoms with Crippen LogP contribution in [0.5, 0.6) is 0 Å². The molecule has 0 aliphatic heterocycles. The molecule has 0 fully saturated rings. The minimum atomic E-state index is -4.49. The Morgan fingerprint density at radius 3 is 1.75 bits per heavy atom. The highest BCUT2D eigenvalue weighted by molar-refractivity contribution is 7.70. The molecule has 1 unspecified atom stereocenters. The van der Waals surface area contributed by atoms with Crippen LogP contribution in [-0.2, 0) is 13.8 Å². The zero-order valence-corrected chi connectivity index (χ0v) is 16.0. The summed E-state index contributed by atoms with van der Waals surface area (Å²) in [4.78, 5) is 19.2. The van der Waals surface area contributed by atoms with Gasteiger partial charge >= 0.3 is 13.3 Å². The fraction of sp³-hybridized carbons (Fsp3) is 0.941. The van der Waals surface area contributed by atoms with E-state index in [1.54, 1.807) is 0 Å². The molecule has 0 amide bonds. The minimum absolute atomic E-state index is 0.0850. The van der Waals surface area contributed by atoms with Crippen LogP contribution in [-0.4, -0.2) is 35.5 Å². The van der Waals surface area contributed by atoms with Crippen LogP contribution in [0.1, 0.15) is 84.0 Å². The Balaban J connectivity index is 3.15. The van der Waals surface area contributed by atoms with E-state index in [2.05, 4.69) is 11.4 Å². The van der Waals surface area contributed by atoms with Crippen LogP contribution in [0.2, 0.25) is 0 Å². The van der Waals surface area contributed by atoms with Crippen LogP contribution in [0.3, 0.4) is 0 Å². The predicted octanol–water partition coefficient (Wildman–Crippen LogP) is 5.58. The lowest BCUT2D eigenvalue weighted by Gasteiger charge is -2.07. The van der Waals surface area contributed by atoms with E-state index < -0.39 is 13.3 Å². The summed E-state index contributed by atoms with van der Waals surface area (Å²) in [5.41, 5.74) is -1.82. The van der Waals surface area contributed by atoms with Crippen LogP contribution in [0, 0.1) is 0 Å². The van der Waals surface area contributed by atoms with Crippen molar-refractivity contribution in [2.45, 2.75) is 84.0 Å². The lowest BCUT2D eigenvalue weighted by molar-refractivity contribution is 0.113. The summed E-state index contributed by atoms with van der Waals surface area (Å²) >= 11 is 0. The Morgan fingerprint density at radius 2 is 1.25 bits per heavy atom. The molecule has 6 nitrogen and oxygen atoms in total. The molecule has 0 heterocycles. The van der Waals surface area contributed by atoms with Crippen LogP contribution >= 0.6 is 7.60 Å². The monoisotopic (exact) mass is 366 g/mol. The van der Waals surface area contributed by atoms with E-state index in [1.165, 1.54) is 57.8 Å². The summed E-state index contributed by atoms with van der Waals surface area (Å²) in [7, 11) is -4.49. The van der Waals surface area contributed by atoms with Gasteiger partial charge in [0.25, 0.3) is 0 Å². The Bertz CT molecular complexity index is 348. The zero-order chi connectivity index (χ0) is 18.1. The van der Waals surface area contributed by atoms with Gasteiger partial charge in [0.05, 0.1) is 6.61 Å². The molecule has 2 N–H and O–H groups in total. The molecule has 0 radical (unpaired) electrons. The average molecular weight is 366 g/mol. The van der Waals surface area contributed by atoms with Crippen molar-refractivity contribution < 1.29 is 28.6 Å². The van der Waals surface area contributed by atoms with Crippen molar-refractivity contribution in [3.63, 3.8) is 0 Å². The summed E-state index contributed by atoms with van der Waals surface area (Å²) in [5.74, 6) is 0. The molecule has 0 spiro atoms. The second-order valence-corrected chi connectivity index (χ2v) is 7.82. The number of unbranched alkanes of at least 4 members (excludes halogenated alkanes) is 10. The van der Waals surface area contributed by atoms with Crippen LogP contribution in [0.4, 0.5) is 4.79 Å². The number of ether oxygens (including phenoxy) is 1.